The van der Waals surface area contributed by atoms with E-state index < -0.39 is 10.0 Å². The summed E-state index contributed by atoms with van der Waals surface area (Å²) in [6, 6.07) is 0. The second-order valence-electron chi connectivity index (χ2n) is 2.20. The quantitative estimate of drug-likeness (QED) is 0.633. The molecular weight excluding hydrogens is 150 g/mol. The summed E-state index contributed by atoms with van der Waals surface area (Å²) >= 11 is 0. The molecule has 1 N–H and O–H groups in total. The first-order valence-electron chi connectivity index (χ1n) is 2.91. The van der Waals surface area contributed by atoms with E-state index in [2.05, 4.69) is 4.72 Å². The Labute approximate surface area is 60.5 Å². The highest BCUT2D eigenvalue weighted by atomic mass is 32.2. The van der Waals surface area contributed by atoms with Crippen molar-refractivity contribution in [3.8, 4) is 0 Å². The number of sulfonamides is 1. The first-order valence-corrected chi connectivity index (χ1v) is 4.80. The molecule has 3 nitrogen and oxygen atoms in total. The molecule has 0 bridgehead atoms. The van der Waals surface area contributed by atoms with Crippen LogP contribution in [0, 0.1) is 0 Å². The van der Waals surface area contributed by atoms with E-state index in [4.69, 9.17) is 0 Å². The van der Waals surface area contributed by atoms with Crippen LogP contribution in [0.2, 0.25) is 0 Å². The summed E-state index contributed by atoms with van der Waals surface area (Å²) < 4.78 is 23.6. The van der Waals surface area contributed by atoms with Crippen LogP contribution in [0.3, 0.4) is 0 Å². The lowest BCUT2D eigenvalue weighted by Crippen LogP contribution is -2.20. The Balaban J connectivity index is 2.57. The van der Waals surface area contributed by atoms with Gasteiger partial charge in [0, 0.05) is 12.1 Å². The van der Waals surface area contributed by atoms with Crippen LogP contribution in [0.5, 0.6) is 0 Å². The van der Waals surface area contributed by atoms with Crippen LogP contribution in [-0.2, 0) is 10.0 Å². The molecule has 1 aliphatic carbocycles. The molecule has 0 saturated carbocycles. The van der Waals surface area contributed by atoms with Gasteiger partial charge < -0.3 is 0 Å². The first-order chi connectivity index (χ1) is 4.58. The van der Waals surface area contributed by atoms with Crippen molar-refractivity contribution in [2.24, 2.45) is 0 Å². The third kappa shape index (κ3) is 2.23. The minimum Gasteiger partial charge on any atom is -0.287 e. The predicted molar refractivity (Wildman–Crippen MR) is 39.8 cm³/mol. The van der Waals surface area contributed by atoms with E-state index in [1.165, 1.54) is 0 Å². The van der Waals surface area contributed by atoms with Gasteiger partial charge in [-0.15, -0.1) is 0 Å². The lowest BCUT2D eigenvalue weighted by atomic mass is 10.4. The average molecular weight is 159 g/mol. The van der Waals surface area contributed by atoms with E-state index in [9.17, 15) is 8.42 Å². The van der Waals surface area contributed by atoms with Crippen molar-refractivity contribution in [2.75, 3.05) is 6.26 Å². The van der Waals surface area contributed by atoms with Crippen LogP contribution < -0.4 is 4.72 Å². The zero-order valence-electron chi connectivity index (χ0n) is 5.66. The topological polar surface area (TPSA) is 46.2 Å². The molecule has 0 aromatic heterocycles. The summed E-state index contributed by atoms with van der Waals surface area (Å²) in [6.45, 7) is 0. The second-order valence-corrected chi connectivity index (χ2v) is 3.95. The molecule has 0 atom stereocenters. The number of nitrogens with one attached hydrogen (secondary N) is 1. The molecule has 0 spiro atoms. The Kier molecular flexibility index (Phi) is 1.80. The molecule has 0 aliphatic heterocycles. The van der Waals surface area contributed by atoms with E-state index in [0.29, 0.717) is 6.42 Å². The average Bonchev–Trinajstić information content (AvgIpc) is 2.12. The molecule has 0 radical (unpaired) electrons. The van der Waals surface area contributed by atoms with Crippen molar-refractivity contribution in [1.82, 2.24) is 4.72 Å². The van der Waals surface area contributed by atoms with Crippen molar-refractivity contribution in [3.63, 3.8) is 0 Å². The molecule has 1 rings (SSSR count). The molecule has 0 saturated heterocycles. The van der Waals surface area contributed by atoms with Crippen LogP contribution in [-0.4, -0.2) is 14.7 Å². The first kappa shape index (κ1) is 7.34. The molecule has 56 valence electrons. The Bertz CT molecular complexity index is 274. The van der Waals surface area contributed by atoms with Gasteiger partial charge in [0.2, 0.25) is 10.0 Å². The van der Waals surface area contributed by atoms with E-state index in [1.807, 2.05) is 12.2 Å². The minimum absolute atomic E-state index is 0.688. The van der Waals surface area contributed by atoms with Crippen LogP contribution >= 0.6 is 0 Å². The monoisotopic (exact) mass is 159 g/mol. The molecule has 0 unspecified atom stereocenters. The van der Waals surface area contributed by atoms with Gasteiger partial charge in [-0.25, -0.2) is 8.42 Å². The number of hydrogen-bond acceptors (Lipinski definition) is 2. The summed E-state index contributed by atoms with van der Waals surface area (Å²) in [6.07, 6.45) is 7.31. The number of rotatable bonds is 2. The molecule has 0 fully saturated rings. The lowest BCUT2D eigenvalue weighted by Gasteiger charge is -2.01. The Morgan fingerprint density at radius 3 is 2.70 bits per heavy atom. The highest BCUT2D eigenvalue weighted by Crippen LogP contribution is 2.06. The molecular formula is C6H9NO2S. The maximum atomic E-state index is 10.6. The highest BCUT2D eigenvalue weighted by Gasteiger charge is 2.04. The van der Waals surface area contributed by atoms with E-state index in [-0.39, 0.29) is 0 Å². The normalized spacial score (nSPS) is 17.1. The van der Waals surface area contributed by atoms with E-state index >= 15 is 0 Å². The molecule has 0 aromatic rings. The molecule has 0 heterocycles. The standard InChI is InChI=1S/C6H9NO2S/c1-10(8,9)7-6-4-2-3-5-6/h2-4,7H,5H2,1H3. The lowest BCUT2D eigenvalue weighted by molar-refractivity contribution is 0.594. The fourth-order valence-electron chi connectivity index (χ4n) is 0.761. The maximum absolute atomic E-state index is 10.6. The van der Waals surface area contributed by atoms with Gasteiger partial charge in [0.05, 0.1) is 6.26 Å². The SMILES string of the molecule is CS(=O)(=O)NC1=CC=CC1. The van der Waals surface area contributed by atoms with Gasteiger partial charge in [0.25, 0.3) is 0 Å². The molecule has 0 amide bonds. The van der Waals surface area contributed by atoms with Crippen molar-refractivity contribution < 1.29 is 8.42 Å². The van der Waals surface area contributed by atoms with Crippen LogP contribution in [0.15, 0.2) is 23.9 Å². The maximum Gasteiger partial charge on any atom is 0.229 e. The van der Waals surface area contributed by atoms with Crippen molar-refractivity contribution in [3.05, 3.63) is 23.9 Å². The number of allylic oxidation sites excluding steroid dienone is 3. The largest absolute Gasteiger partial charge is 0.287 e. The van der Waals surface area contributed by atoms with Crippen molar-refractivity contribution in [2.45, 2.75) is 6.42 Å². The van der Waals surface area contributed by atoms with Crippen LogP contribution in [0.1, 0.15) is 6.42 Å². The zero-order valence-corrected chi connectivity index (χ0v) is 6.48. The van der Waals surface area contributed by atoms with Gasteiger partial charge >= 0.3 is 0 Å². The summed E-state index contributed by atoms with van der Waals surface area (Å²) in [7, 11) is -3.07. The molecule has 10 heavy (non-hydrogen) atoms. The van der Waals surface area contributed by atoms with Crippen molar-refractivity contribution in [1.29, 1.82) is 0 Å². The number of hydrogen-bond donors (Lipinski definition) is 1. The molecule has 4 heteroatoms. The Morgan fingerprint density at radius 1 is 1.60 bits per heavy atom. The van der Waals surface area contributed by atoms with Gasteiger partial charge in [-0.2, -0.15) is 0 Å². The molecule has 1 aliphatic rings. The van der Waals surface area contributed by atoms with Gasteiger partial charge in [-0.1, -0.05) is 12.2 Å². The van der Waals surface area contributed by atoms with Gasteiger partial charge in [0.15, 0.2) is 0 Å². The fraction of sp³-hybridized carbons (Fsp3) is 0.333. The van der Waals surface area contributed by atoms with E-state index in [1.54, 1.807) is 6.08 Å². The minimum atomic E-state index is -3.07. The van der Waals surface area contributed by atoms with Gasteiger partial charge in [-0.3, -0.25) is 4.72 Å². The van der Waals surface area contributed by atoms with Gasteiger partial charge in [-0.05, 0) is 6.08 Å². The summed E-state index contributed by atoms with van der Waals surface area (Å²) in [4.78, 5) is 0. The molecule has 0 aromatic carbocycles. The predicted octanol–water partition coefficient (Wildman–Crippen LogP) is 0.379. The Morgan fingerprint density at radius 2 is 2.30 bits per heavy atom. The van der Waals surface area contributed by atoms with Crippen molar-refractivity contribution >= 4 is 10.0 Å². The summed E-state index contributed by atoms with van der Waals surface area (Å²) in [5, 5.41) is 0. The van der Waals surface area contributed by atoms with E-state index in [0.717, 1.165) is 12.0 Å². The second kappa shape index (κ2) is 2.46. The highest BCUT2D eigenvalue weighted by molar-refractivity contribution is 7.88. The van der Waals surface area contributed by atoms with Gasteiger partial charge in [0.1, 0.15) is 0 Å². The Hall–Kier alpha value is -0.770. The van der Waals surface area contributed by atoms with Crippen LogP contribution in [0.25, 0.3) is 0 Å². The van der Waals surface area contributed by atoms with Crippen LogP contribution in [0.4, 0.5) is 0 Å². The fourth-order valence-corrected chi connectivity index (χ4v) is 1.39. The third-order valence-electron chi connectivity index (χ3n) is 1.09. The summed E-state index contributed by atoms with van der Waals surface area (Å²) in [5.74, 6) is 0. The summed E-state index contributed by atoms with van der Waals surface area (Å²) in [5.41, 5.74) is 0.738. The smallest absolute Gasteiger partial charge is 0.229 e. The third-order valence-corrected chi connectivity index (χ3v) is 1.72. The zero-order chi connectivity index (χ0) is 7.61.